The molecule has 0 spiro atoms. The van der Waals surface area contributed by atoms with Gasteiger partial charge in [0.15, 0.2) is 6.10 Å². The average Bonchev–Trinajstić information content (AvgIpc) is 3.84. The molecule has 0 amide bonds. The Balaban J connectivity index is 1.86. The minimum atomic E-state index is -0.777. The van der Waals surface area contributed by atoms with Crippen molar-refractivity contribution in [3.8, 4) is 0 Å². The van der Waals surface area contributed by atoms with Crippen LogP contribution in [0, 0.1) is 5.92 Å². The lowest BCUT2D eigenvalue weighted by Crippen LogP contribution is -2.28. The minimum Gasteiger partial charge on any atom is -0.462 e. The summed E-state index contributed by atoms with van der Waals surface area (Å²) in [4.78, 5) is 24.3. The Hall–Kier alpha value is -1.40. The molecule has 0 radical (unpaired) electrons. The summed E-state index contributed by atoms with van der Waals surface area (Å²) in [5.41, 5.74) is 0. The zero-order chi connectivity index (χ0) is 34.9. The number of ether oxygens (including phenoxy) is 3. The third-order valence-electron chi connectivity index (χ3n) is 10.0. The molecule has 1 aliphatic rings. The van der Waals surface area contributed by atoms with Gasteiger partial charge < -0.3 is 19.3 Å². The first kappa shape index (κ1) is 44.6. The lowest BCUT2D eigenvalue weighted by atomic mass is 9.99. The van der Waals surface area contributed by atoms with Gasteiger partial charge in [0.2, 0.25) is 0 Å². The monoisotopic (exact) mass is 679 g/mol. The molecule has 0 aliphatic carbocycles. The molecule has 0 aromatic heterocycles. The highest BCUT2D eigenvalue weighted by molar-refractivity contribution is 5.70. The van der Waals surface area contributed by atoms with E-state index in [4.69, 9.17) is 14.2 Å². The first-order valence-corrected chi connectivity index (χ1v) is 20.8. The highest BCUT2D eigenvalue weighted by Crippen LogP contribution is 2.30. The van der Waals surface area contributed by atoms with Gasteiger partial charge in [0, 0.05) is 12.8 Å². The van der Waals surface area contributed by atoms with E-state index < -0.39 is 6.10 Å². The maximum Gasteiger partial charge on any atom is 0.306 e. The fraction of sp³-hybridized carbons (Fsp3) is 0.905. The molecule has 1 fully saturated rings. The number of hydrogen-bond acceptors (Lipinski definition) is 6. The SMILES string of the molecule is CCCCC/C=C\CC1OC1CCCCCCCC(=O)OC[C@H](CO)OC(=O)CCCCCCCCCCCCCCCCC(C)CC. The van der Waals surface area contributed by atoms with Gasteiger partial charge in [0.05, 0.1) is 18.8 Å². The number of aliphatic hydroxyl groups is 1. The van der Waals surface area contributed by atoms with Gasteiger partial charge in [-0.15, -0.1) is 0 Å². The van der Waals surface area contributed by atoms with E-state index in [9.17, 15) is 14.7 Å². The molecule has 1 heterocycles. The highest BCUT2D eigenvalue weighted by atomic mass is 16.6. The van der Waals surface area contributed by atoms with E-state index in [0.717, 1.165) is 63.7 Å². The third-order valence-corrected chi connectivity index (χ3v) is 10.0. The van der Waals surface area contributed by atoms with Gasteiger partial charge in [-0.25, -0.2) is 0 Å². The van der Waals surface area contributed by atoms with Crippen molar-refractivity contribution in [3.05, 3.63) is 12.2 Å². The van der Waals surface area contributed by atoms with Gasteiger partial charge in [-0.3, -0.25) is 9.59 Å². The Morgan fingerprint density at radius 3 is 1.77 bits per heavy atom. The molecule has 0 aromatic rings. The molecule has 6 nitrogen and oxygen atoms in total. The normalized spacial score (nSPS) is 17.1. The Bertz CT molecular complexity index is 767. The van der Waals surface area contributed by atoms with Crippen LogP contribution in [-0.4, -0.2) is 48.6 Å². The molecule has 1 N–H and O–H groups in total. The van der Waals surface area contributed by atoms with Gasteiger partial charge in [0.25, 0.3) is 0 Å². The number of allylic oxidation sites excluding steroid dienone is 1. The van der Waals surface area contributed by atoms with Crippen molar-refractivity contribution in [2.45, 2.75) is 225 Å². The van der Waals surface area contributed by atoms with E-state index in [1.165, 1.54) is 116 Å². The molecule has 282 valence electrons. The van der Waals surface area contributed by atoms with Crippen LogP contribution in [0.1, 0.15) is 207 Å². The number of aliphatic hydroxyl groups excluding tert-OH is 1. The molecule has 1 aliphatic heterocycles. The summed E-state index contributed by atoms with van der Waals surface area (Å²) in [5.74, 6) is 0.294. The van der Waals surface area contributed by atoms with E-state index in [-0.39, 0.29) is 25.2 Å². The Morgan fingerprint density at radius 2 is 1.21 bits per heavy atom. The van der Waals surface area contributed by atoms with Crippen LogP contribution in [0.3, 0.4) is 0 Å². The predicted molar refractivity (Wildman–Crippen MR) is 200 cm³/mol. The molecule has 1 saturated heterocycles. The summed E-state index contributed by atoms with van der Waals surface area (Å²) in [6.07, 6.45) is 38.6. The standard InChI is InChI=1S/C42H78O6/c1-4-6-7-8-21-26-31-39-40(48-39)32-27-22-19-24-28-33-41(44)46-36-38(35-43)47-42(45)34-29-23-18-16-14-12-10-9-11-13-15-17-20-25-30-37(3)5-2/h21,26,37-40,43H,4-20,22-25,27-36H2,1-3H3/b26-21-/t37?,38-,39?,40?/m0/s1. The summed E-state index contributed by atoms with van der Waals surface area (Å²) in [5, 5.41) is 9.57. The molecule has 0 saturated carbocycles. The molecule has 6 heteroatoms. The van der Waals surface area contributed by atoms with Gasteiger partial charge in [-0.05, 0) is 44.4 Å². The second kappa shape index (κ2) is 32.8. The summed E-state index contributed by atoms with van der Waals surface area (Å²) >= 11 is 0. The third kappa shape index (κ3) is 28.4. The van der Waals surface area contributed by atoms with Crippen LogP contribution in [0.25, 0.3) is 0 Å². The summed E-state index contributed by atoms with van der Waals surface area (Å²) in [6.45, 7) is 6.49. The summed E-state index contributed by atoms with van der Waals surface area (Å²) in [7, 11) is 0. The van der Waals surface area contributed by atoms with Crippen LogP contribution in [0.5, 0.6) is 0 Å². The smallest absolute Gasteiger partial charge is 0.306 e. The van der Waals surface area contributed by atoms with Crippen LogP contribution < -0.4 is 0 Å². The van der Waals surface area contributed by atoms with Gasteiger partial charge in [0.1, 0.15) is 6.61 Å². The zero-order valence-corrected chi connectivity index (χ0v) is 31.9. The molecule has 1 rings (SSSR count). The topological polar surface area (TPSA) is 85.4 Å². The molecular weight excluding hydrogens is 600 g/mol. The van der Waals surface area contributed by atoms with E-state index in [1.807, 2.05) is 0 Å². The van der Waals surface area contributed by atoms with E-state index in [2.05, 4.69) is 32.9 Å². The van der Waals surface area contributed by atoms with Gasteiger partial charge in [-0.2, -0.15) is 0 Å². The van der Waals surface area contributed by atoms with Crippen LogP contribution in [0.4, 0.5) is 0 Å². The van der Waals surface area contributed by atoms with E-state index >= 15 is 0 Å². The average molecular weight is 679 g/mol. The number of epoxide rings is 1. The lowest BCUT2D eigenvalue weighted by Gasteiger charge is -2.15. The minimum absolute atomic E-state index is 0.0735. The van der Waals surface area contributed by atoms with Crippen LogP contribution in [0.15, 0.2) is 12.2 Å². The first-order valence-electron chi connectivity index (χ1n) is 20.8. The van der Waals surface area contributed by atoms with Crippen molar-refractivity contribution < 1.29 is 28.9 Å². The number of esters is 2. The second-order valence-electron chi connectivity index (χ2n) is 14.7. The maximum atomic E-state index is 12.2. The number of hydrogen-bond donors (Lipinski definition) is 1. The molecule has 48 heavy (non-hydrogen) atoms. The molecule has 4 atom stereocenters. The molecule has 0 aromatic carbocycles. The maximum absolute atomic E-state index is 12.2. The van der Waals surface area contributed by atoms with Crippen molar-refractivity contribution >= 4 is 11.9 Å². The number of carbonyl (C=O) groups is 2. The Morgan fingerprint density at radius 1 is 0.667 bits per heavy atom. The van der Waals surface area contributed by atoms with Crippen molar-refractivity contribution in [1.29, 1.82) is 0 Å². The van der Waals surface area contributed by atoms with Crippen LogP contribution >= 0.6 is 0 Å². The van der Waals surface area contributed by atoms with Crippen LogP contribution in [-0.2, 0) is 23.8 Å². The Labute approximate surface area is 296 Å². The summed E-state index contributed by atoms with van der Waals surface area (Å²) < 4.78 is 16.4. The zero-order valence-electron chi connectivity index (χ0n) is 31.9. The van der Waals surface area contributed by atoms with Crippen molar-refractivity contribution in [2.24, 2.45) is 5.92 Å². The van der Waals surface area contributed by atoms with Crippen LogP contribution in [0.2, 0.25) is 0 Å². The van der Waals surface area contributed by atoms with E-state index in [1.54, 1.807) is 0 Å². The number of carbonyl (C=O) groups excluding carboxylic acids is 2. The quantitative estimate of drug-likeness (QED) is 0.0307. The highest BCUT2D eigenvalue weighted by Gasteiger charge is 2.36. The molecular formula is C42H78O6. The Kier molecular flexibility index (Phi) is 30.5. The van der Waals surface area contributed by atoms with Crippen molar-refractivity contribution in [1.82, 2.24) is 0 Å². The van der Waals surface area contributed by atoms with Crippen molar-refractivity contribution in [3.63, 3.8) is 0 Å². The number of rotatable bonds is 36. The predicted octanol–water partition coefficient (Wildman–Crippen LogP) is 11.7. The first-order chi connectivity index (χ1) is 23.5. The van der Waals surface area contributed by atoms with Gasteiger partial charge in [-0.1, -0.05) is 168 Å². The largest absolute Gasteiger partial charge is 0.462 e. The summed E-state index contributed by atoms with van der Waals surface area (Å²) in [6, 6.07) is 0. The van der Waals surface area contributed by atoms with E-state index in [0.29, 0.717) is 25.0 Å². The fourth-order valence-corrected chi connectivity index (χ4v) is 6.36. The van der Waals surface area contributed by atoms with Crippen molar-refractivity contribution in [2.75, 3.05) is 13.2 Å². The fourth-order valence-electron chi connectivity index (χ4n) is 6.36. The van der Waals surface area contributed by atoms with Gasteiger partial charge >= 0.3 is 11.9 Å². The molecule has 3 unspecified atom stereocenters. The number of unbranched alkanes of at least 4 members (excludes halogenated alkanes) is 20. The second-order valence-corrected chi connectivity index (χ2v) is 14.7. The molecule has 0 bridgehead atoms. The lowest BCUT2D eigenvalue weighted by molar-refractivity contribution is -0.161.